The van der Waals surface area contributed by atoms with Crippen LogP contribution in [0.25, 0.3) is 0 Å². The minimum atomic E-state index is -0.151. The summed E-state index contributed by atoms with van der Waals surface area (Å²) in [4.78, 5) is 10.8. The lowest BCUT2D eigenvalue weighted by molar-refractivity contribution is -0.123. The fourth-order valence-corrected chi connectivity index (χ4v) is 2.42. The van der Waals surface area contributed by atoms with Gasteiger partial charge >= 0.3 is 0 Å². The van der Waals surface area contributed by atoms with Crippen LogP contribution in [0.3, 0.4) is 0 Å². The summed E-state index contributed by atoms with van der Waals surface area (Å²) in [7, 11) is 0. The van der Waals surface area contributed by atoms with Gasteiger partial charge in [-0.2, -0.15) is 12.6 Å². The molecule has 0 aliphatic carbocycles. The summed E-state index contributed by atoms with van der Waals surface area (Å²) in [6.45, 7) is 8.64. The van der Waals surface area contributed by atoms with Crippen LogP contribution in [0.5, 0.6) is 11.5 Å². The first kappa shape index (κ1) is 21.9. The van der Waals surface area contributed by atoms with Gasteiger partial charge in [0.25, 0.3) is 0 Å². The van der Waals surface area contributed by atoms with Gasteiger partial charge in [-0.3, -0.25) is 4.79 Å². The van der Waals surface area contributed by atoms with Crippen LogP contribution in [0.1, 0.15) is 38.8 Å². The Labute approximate surface area is 161 Å². The number of hydrogen-bond acceptors (Lipinski definition) is 4. The van der Waals surface area contributed by atoms with Crippen molar-refractivity contribution in [3.8, 4) is 11.5 Å². The lowest BCUT2D eigenvalue weighted by Crippen LogP contribution is -2.29. The lowest BCUT2D eigenvalue weighted by atomic mass is 9.78. The van der Waals surface area contributed by atoms with Gasteiger partial charge in [0.1, 0.15) is 11.5 Å². The van der Waals surface area contributed by atoms with E-state index in [1.54, 1.807) is 24.3 Å². The molecule has 0 spiro atoms. The standard InChI is InChI=1S/C15H16O2.C6H13NOS/c1-15(2,11-3-7-13(16)8-4-11)12-5-9-14(17)10-6-12;1-5(2)6(8)7-3-4-9/h3-10,16-17H,1-2H3;5,9H,3-4H2,1-2H3,(H,7,8). The maximum absolute atomic E-state index is 10.8. The van der Waals surface area contributed by atoms with E-state index in [1.165, 1.54) is 0 Å². The smallest absolute Gasteiger partial charge is 0.222 e. The van der Waals surface area contributed by atoms with Crippen molar-refractivity contribution in [3.05, 3.63) is 59.7 Å². The number of aromatic hydroxyl groups is 2. The number of hydrogen-bond donors (Lipinski definition) is 4. The number of carbonyl (C=O) groups excluding carboxylic acids is 1. The lowest BCUT2D eigenvalue weighted by Gasteiger charge is -2.26. The largest absolute Gasteiger partial charge is 0.508 e. The molecule has 4 nitrogen and oxygen atoms in total. The van der Waals surface area contributed by atoms with E-state index in [2.05, 4.69) is 31.8 Å². The average molecular weight is 376 g/mol. The number of phenolic OH excluding ortho intramolecular Hbond substituents is 2. The molecule has 2 rings (SSSR count). The Kier molecular flexibility index (Phi) is 8.52. The summed E-state index contributed by atoms with van der Waals surface area (Å²) in [5.41, 5.74) is 2.10. The maximum atomic E-state index is 10.8. The van der Waals surface area contributed by atoms with Crippen LogP contribution in [0.4, 0.5) is 0 Å². The number of benzene rings is 2. The number of amides is 1. The van der Waals surface area contributed by atoms with E-state index in [1.807, 2.05) is 38.1 Å². The molecule has 0 heterocycles. The van der Waals surface area contributed by atoms with Crippen molar-refractivity contribution in [2.45, 2.75) is 33.1 Å². The SMILES string of the molecule is CC(C)(c1ccc(O)cc1)c1ccc(O)cc1.CC(C)C(=O)NCCS. The molecule has 142 valence electrons. The molecule has 26 heavy (non-hydrogen) atoms. The van der Waals surface area contributed by atoms with Crippen LogP contribution in [-0.2, 0) is 10.2 Å². The quantitative estimate of drug-likeness (QED) is 0.595. The Hall–Kier alpha value is -2.14. The zero-order valence-electron chi connectivity index (χ0n) is 15.9. The molecule has 0 aliphatic heterocycles. The van der Waals surface area contributed by atoms with Gasteiger partial charge in [-0.1, -0.05) is 52.0 Å². The van der Waals surface area contributed by atoms with Gasteiger partial charge < -0.3 is 15.5 Å². The van der Waals surface area contributed by atoms with E-state index in [4.69, 9.17) is 0 Å². The van der Waals surface area contributed by atoms with Gasteiger partial charge in [-0.05, 0) is 35.4 Å². The zero-order chi connectivity index (χ0) is 19.7. The first-order valence-electron chi connectivity index (χ1n) is 8.66. The highest BCUT2D eigenvalue weighted by Crippen LogP contribution is 2.32. The second-order valence-corrected chi connectivity index (χ2v) is 7.34. The Balaban J connectivity index is 0.000000321. The fraction of sp³-hybridized carbons (Fsp3) is 0.381. The van der Waals surface area contributed by atoms with Crippen molar-refractivity contribution in [1.29, 1.82) is 0 Å². The summed E-state index contributed by atoms with van der Waals surface area (Å²) >= 11 is 3.95. The van der Waals surface area contributed by atoms with E-state index >= 15 is 0 Å². The molecule has 0 aromatic heterocycles. The minimum Gasteiger partial charge on any atom is -0.508 e. The number of phenols is 2. The number of carbonyl (C=O) groups is 1. The molecule has 0 bridgehead atoms. The van der Waals surface area contributed by atoms with E-state index in [-0.39, 0.29) is 28.7 Å². The van der Waals surface area contributed by atoms with Crippen molar-refractivity contribution in [1.82, 2.24) is 5.32 Å². The molecule has 0 saturated heterocycles. The second kappa shape index (κ2) is 10.1. The van der Waals surface area contributed by atoms with E-state index in [9.17, 15) is 15.0 Å². The molecular weight excluding hydrogens is 346 g/mol. The van der Waals surface area contributed by atoms with E-state index in [0.717, 1.165) is 11.1 Å². The predicted octanol–water partition coefficient (Wildman–Crippen LogP) is 4.11. The number of rotatable bonds is 5. The molecule has 0 atom stereocenters. The molecular formula is C21H29NO3S. The second-order valence-electron chi connectivity index (χ2n) is 6.89. The summed E-state index contributed by atoms with van der Waals surface area (Å²) in [6.07, 6.45) is 0. The number of nitrogens with one attached hydrogen (secondary N) is 1. The summed E-state index contributed by atoms with van der Waals surface area (Å²) in [5.74, 6) is 1.44. The van der Waals surface area contributed by atoms with Crippen molar-refractivity contribution in [2.75, 3.05) is 12.3 Å². The van der Waals surface area contributed by atoms with Gasteiger partial charge in [0.2, 0.25) is 5.91 Å². The van der Waals surface area contributed by atoms with Crippen LogP contribution in [-0.4, -0.2) is 28.4 Å². The molecule has 0 unspecified atom stereocenters. The molecule has 0 aliphatic rings. The van der Waals surface area contributed by atoms with Gasteiger partial charge in [-0.25, -0.2) is 0 Å². The molecule has 2 aromatic carbocycles. The third kappa shape index (κ3) is 6.64. The fourth-order valence-electron chi connectivity index (χ4n) is 2.31. The first-order chi connectivity index (χ1) is 12.2. The van der Waals surface area contributed by atoms with Crippen molar-refractivity contribution in [3.63, 3.8) is 0 Å². The van der Waals surface area contributed by atoms with Crippen LogP contribution in [0, 0.1) is 5.92 Å². The molecule has 1 amide bonds. The molecule has 3 N–H and O–H groups in total. The molecule has 0 saturated carbocycles. The summed E-state index contributed by atoms with van der Waals surface area (Å²) in [6, 6.07) is 14.4. The summed E-state index contributed by atoms with van der Waals surface area (Å²) in [5, 5.41) is 21.3. The molecule has 5 heteroatoms. The third-order valence-electron chi connectivity index (χ3n) is 4.11. The highest BCUT2D eigenvalue weighted by atomic mass is 32.1. The van der Waals surface area contributed by atoms with E-state index < -0.39 is 0 Å². The van der Waals surface area contributed by atoms with Crippen molar-refractivity contribution < 1.29 is 15.0 Å². The minimum absolute atomic E-state index is 0.0879. The molecule has 0 fully saturated rings. The Morgan fingerprint density at radius 2 is 1.35 bits per heavy atom. The zero-order valence-corrected chi connectivity index (χ0v) is 16.8. The Bertz CT molecular complexity index is 632. The van der Waals surface area contributed by atoms with Gasteiger partial charge in [-0.15, -0.1) is 0 Å². The van der Waals surface area contributed by atoms with Crippen molar-refractivity contribution >= 4 is 18.5 Å². The van der Waals surface area contributed by atoms with Gasteiger partial charge in [0, 0.05) is 23.6 Å². The topological polar surface area (TPSA) is 69.6 Å². The summed E-state index contributed by atoms with van der Waals surface area (Å²) < 4.78 is 0. The van der Waals surface area contributed by atoms with E-state index in [0.29, 0.717) is 12.3 Å². The normalized spacial score (nSPS) is 10.8. The van der Waals surface area contributed by atoms with Crippen LogP contribution >= 0.6 is 12.6 Å². The Morgan fingerprint density at radius 3 is 1.65 bits per heavy atom. The van der Waals surface area contributed by atoms with Crippen LogP contribution in [0.15, 0.2) is 48.5 Å². The van der Waals surface area contributed by atoms with Gasteiger partial charge in [0.05, 0.1) is 0 Å². The third-order valence-corrected chi connectivity index (χ3v) is 4.34. The molecule has 2 aromatic rings. The van der Waals surface area contributed by atoms with Gasteiger partial charge in [0.15, 0.2) is 0 Å². The number of thiol groups is 1. The monoisotopic (exact) mass is 375 g/mol. The maximum Gasteiger partial charge on any atom is 0.222 e. The van der Waals surface area contributed by atoms with Crippen LogP contribution < -0.4 is 5.32 Å². The van der Waals surface area contributed by atoms with Crippen LogP contribution in [0.2, 0.25) is 0 Å². The first-order valence-corrected chi connectivity index (χ1v) is 9.29. The highest BCUT2D eigenvalue weighted by molar-refractivity contribution is 7.80. The Morgan fingerprint density at radius 1 is 0.962 bits per heavy atom. The molecule has 0 radical (unpaired) electrons. The average Bonchev–Trinajstić information content (AvgIpc) is 2.61. The van der Waals surface area contributed by atoms with Crippen molar-refractivity contribution in [2.24, 2.45) is 5.92 Å². The predicted molar refractivity (Wildman–Crippen MR) is 110 cm³/mol. The highest BCUT2D eigenvalue weighted by Gasteiger charge is 2.22.